The zero-order valence-electron chi connectivity index (χ0n) is 14.7. The first kappa shape index (κ1) is 18.1. The average molecular weight is 355 g/mol. The van der Waals surface area contributed by atoms with E-state index in [1.54, 1.807) is 24.4 Å². The summed E-state index contributed by atoms with van der Waals surface area (Å²) in [5.74, 6) is 0.280. The van der Waals surface area contributed by atoms with Gasteiger partial charge in [-0.15, -0.1) is 0 Å². The van der Waals surface area contributed by atoms with E-state index in [4.69, 9.17) is 4.74 Å². The summed E-state index contributed by atoms with van der Waals surface area (Å²) in [6, 6.07) is 10.2. The number of anilines is 1. The van der Waals surface area contributed by atoms with Gasteiger partial charge in [0.1, 0.15) is 11.6 Å². The molecule has 2 heterocycles. The Labute approximate surface area is 152 Å². The monoisotopic (exact) mass is 355 g/mol. The summed E-state index contributed by atoms with van der Waals surface area (Å²) in [7, 11) is 0. The van der Waals surface area contributed by atoms with E-state index in [-0.39, 0.29) is 17.8 Å². The molecule has 1 amide bonds. The number of pyridine rings is 1. The third-order valence-electron chi connectivity index (χ3n) is 4.16. The van der Waals surface area contributed by atoms with E-state index in [1.807, 2.05) is 19.1 Å². The molecule has 1 aliphatic heterocycles. The SMILES string of the molecule is C[C@@H]1CN(c2ccc(CNC(=O)/C=C\c3ccccc3F)cn2)CCO1. The highest BCUT2D eigenvalue weighted by Crippen LogP contribution is 2.15. The molecule has 1 saturated heterocycles. The lowest BCUT2D eigenvalue weighted by Crippen LogP contribution is -2.41. The molecule has 1 aliphatic rings. The maximum Gasteiger partial charge on any atom is 0.244 e. The van der Waals surface area contributed by atoms with Gasteiger partial charge in [0.05, 0.1) is 12.7 Å². The summed E-state index contributed by atoms with van der Waals surface area (Å²) < 4.78 is 19.0. The number of carbonyl (C=O) groups excluding carboxylic acids is 1. The fraction of sp³-hybridized carbons (Fsp3) is 0.300. The van der Waals surface area contributed by atoms with Crippen molar-refractivity contribution in [3.05, 3.63) is 65.6 Å². The van der Waals surface area contributed by atoms with Crippen molar-refractivity contribution >= 4 is 17.8 Å². The van der Waals surface area contributed by atoms with Crippen LogP contribution in [-0.2, 0) is 16.1 Å². The topological polar surface area (TPSA) is 54.5 Å². The fourth-order valence-corrected chi connectivity index (χ4v) is 2.76. The molecule has 1 fully saturated rings. The molecule has 0 spiro atoms. The Hall–Kier alpha value is -2.73. The number of nitrogens with zero attached hydrogens (tertiary/aromatic N) is 2. The molecular formula is C20H22FN3O2. The van der Waals surface area contributed by atoms with Crippen molar-refractivity contribution in [2.24, 2.45) is 0 Å². The van der Waals surface area contributed by atoms with Gasteiger partial charge in [-0.3, -0.25) is 4.79 Å². The lowest BCUT2D eigenvalue weighted by Gasteiger charge is -2.32. The Morgan fingerprint density at radius 2 is 2.23 bits per heavy atom. The van der Waals surface area contributed by atoms with Gasteiger partial charge in [-0.05, 0) is 30.7 Å². The van der Waals surface area contributed by atoms with Crippen molar-refractivity contribution < 1.29 is 13.9 Å². The number of morpholine rings is 1. The Balaban J connectivity index is 1.51. The van der Waals surface area contributed by atoms with E-state index in [9.17, 15) is 9.18 Å². The third-order valence-corrected chi connectivity index (χ3v) is 4.16. The standard InChI is InChI=1S/C20H22FN3O2/c1-15-14-24(10-11-26-15)19-8-6-16(12-22-19)13-23-20(25)9-7-17-4-2-3-5-18(17)21/h2-9,12,15H,10-11,13-14H2,1H3,(H,23,25)/b9-7-/t15-/m1/s1. The maximum atomic E-state index is 13.5. The highest BCUT2D eigenvalue weighted by Gasteiger charge is 2.17. The first-order valence-corrected chi connectivity index (χ1v) is 8.64. The second-order valence-corrected chi connectivity index (χ2v) is 6.22. The van der Waals surface area contributed by atoms with Gasteiger partial charge in [-0.25, -0.2) is 9.37 Å². The molecule has 1 atom stereocenters. The average Bonchev–Trinajstić information content (AvgIpc) is 2.66. The van der Waals surface area contributed by atoms with Gasteiger partial charge in [0.25, 0.3) is 0 Å². The Bertz CT molecular complexity index is 777. The van der Waals surface area contributed by atoms with Crippen molar-refractivity contribution in [1.82, 2.24) is 10.3 Å². The zero-order chi connectivity index (χ0) is 18.4. The van der Waals surface area contributed by atoms with Crippen LogP contribution in [0.5, 0.6) is 0 Å². The van der Waals surface area contributed by atoms with Crippen LogP contribution >= 0.6 is 0 Å². The summed E-state index contributed by atoms with van der Waals surface area (Å²) in [5.41, 5.74) is 1.29. The van der Waals surface area contributed by atoms with Gasteiger partial charge < -0.3 is 15.0 Å². The Morgan fingerprint density at radius 3 is 2.96 bits per heavy atom. The largest absolute Gasteiger partial charge is 0.375 e. The highest BCUT2D eigenvalue weighted by molar-refractivity contribution is 5.91. The van der Waals surface area contributed by atoms with Crippen molar-refractivity contribution in [3.8, 4) is 0 Å². The van der Waals surface area contributed by atoms with Gasteiger partial charge in [0, 0.05) is 37.5 Å². The van der Waals surface area contributed by atoms with Gasteiger partial charge in [0.15, 0.2) is 0 Å². The van der Waals surface area contributed by atoms with Crippen LogP contribution in [0.15, 0.2) is 48.7 Å². The van der Waals surface area contributed by atoms with Crippen LogP contribution in [0.25, 0.3) is 6.08 Å². The van der Waals surface area contributed by atoms with Crippen LogP contribution in [0.2, 0.25) is 0 Å². The van der Waals surface area contributed by atoms with Gasteiger partial charge in [0.2, 0.25) is 5.91 Å². The molecule has 0 radical (unpaired) electrons. The van der Waals surface area contributed by atoms with Gasteiger partial charge >= 0.3 is 0 Å². The number of ether oxygens (including phenoxy) is 1. The molecule has 0 unspecified atom stereocenters. The van der Waals surface area contributed by atoms with Crippen LogP contribution in [0.3, 0.4) is 0 Å². The maximum absolute atomic E-state index is 13.5. The summed E-state index contributed by atoms with van der Waals surface area (Å²) in [6.45, 7) is 4.77. The molecule has 136 valence electrons. The van der Waals surface area contributed by atoms with Crippen molar-refractivity contribution in [3.63, 3.8) is 0 Å². The van der Waals surface area contributed by atoms with E-state index in [0.717, 1.165) is 24.5 Å². The van der Waals surface area contributed by atoms with Gasteiger partial charge in [-0.1, -0.05) is 24.3 Å². The van der Waals surface area contributed by atoms with Crippen LogP contribution < -0.4 is 10.2 Å². The van der Waals surface area contributed by atoms with Crippen LogP contribution in [-0.4, -0.2) is 36.7 Å². The first-order valence-electron chi connectivity index (χ1n) is 8.64. The minimum atomic E-state index is -0.353. The van der Waals surface area contributed by atoms with E-state index in [2.05, 4.69) is 15.2 Å². The zero-order valence-corrected chi connectivity index (χ0v) is 14.7. The molecule has 0 saturated carbocycles. The quantitative estimate of drug-likeness (QED) is 0.838. The summed E-state index contributed by atoms with van der Waals surface area (Å²) in [4.78, 5) is 18.5. The number of amides is 1. The smallest absolute Gasteiger partial charge is 0.244 e. The Morgan fingerprint density at radius 1 is 1.38 bits per heavy atom. The van der Waals surface area contributed by atoms with E-state index in [0.29, 0.717) is 18.7 Å². The normalized spacial score (nSPS) is 17.5. The van der Waals surface area contributed by atoms with Crippen molar-refractivity contribution in [2.75, 3.05) is 24.6 Å². The molecule has 3 rings (SSSR count). The van der Waals surface area contributed by atoms with Crippen molar-refractivity contribution in [1.29, 1.82) is 0 Å². The first-order chi connectivity index (χ1) is 12.6. The number of benzene rings is 1. The number of halogens is 1. The number of carbonyl (C=O) groups is 1. The Kier molecular flexibility index (Phi) is 5.96. The lowest BCUT2D eigenvalue weighted by atomic mass is 10.2. The lowest BCUT2D eigenvalue weighted by molar-refractivity contribution is -0.116. The molecule has 1 aromatic carbocycles. The third kappa shape index (κ3) is 4.89. The predicted octanol–water partition coefficient (Wildman–Crippen LogP) is 2.78. The van der Waals surface area contributed by atoms with E-state index < -0.39 is 0 Å². The molecule has 1 N–H and O–H groups in total. The van der Waals surface area contributed by atoms with Gasteiger partial charge in [-0.2, -0.15) is 0 Å². The van der Waals surface area contributed by atoms with Crippen LogP contribution in [0.1, 0.15) is 18.1 Å². The molecule has 26 heavy (non-hydrogen) atoms. The molecule has 5 nitrogen and oxygen atoms in total. The highest BCUT2D eigenvalue weighted by atomic mass is 19.1. The second kappa shape index (κ2) is 8.58. The summed E-state index contributed by atoms with van der Waals surface area (Å²) in [5, 5.41) is 2.77. The van der Waals surface area contributed by atoms with E-state index in [1.165, 1.54) is 18.2 Å². The minimum Gasteiger partial charge on any atom is -0.375 e. The number of rotatable bonds is 5. The molecule has 2 aromatic rings. The fourth-order valence-electron chi connectivity index (χ4n) is 2.76. The minimum absolute atomic E-state index is 0.200. The summed E-state index contributed by atoms with van der Waals surface area (Å²) >= 11 is 0. The van der Waals surface area contributed by atoms with E-state index >= 15 is 0 Å². The number of hydrogen-bond donors (Lipinski definition) is 1. The molecule has 1 aromatic heterocycles. The predicted molar refractivity (Wildman–Crippen MR) is 99.1 cm³/mol. The van der Waals surface area contributed by atoms with Crippen LogP contribution in [0.4, 0.5) is 10.2 Å². The number of hydrogen-bond acceptors (Lipinski definition) is 4. The number of aromatic nitrogens is 1. The number of nitrogens with one attached hydrogen (secondary N) is 1. The summed E-state index contributed by atoms with van der Waals surface area (Å²) in [6.07, 6.45) is 4.75. The molecule has 0 bridgehead atoms. The molecule has 0 aliphatic carbocycles. The van der Waals surface area contributed by atoms with Crippen LogP contribution in [0, 0.1) is 5.82 Å². The molecular weight excluding hydrogens is 333 g/mol. The van der Waals surface area contributed by atoms with Crippen molar-refractivity contribution in [2.45, 2.75) is 19.6 Å². The molecule has 6 heteroatoms. The second-order valence-electron chi connectivity index (χ2n) is 6.22.